The van der Waals surface area contributed by atoms with E-state index >= 15 is 0 Å². The SMILES string of the molecule is C=C(OCC)c1cc(C(C)F)nn1CCS(C)(=O)=O.CC. The first kappa shape index (κ1) is 19.6. The Kier molecular flexibility index (Phi) is 8.24. The number of sulfone groups is 1. The Morgan fingerprint density at radius 2 is 2.10 bits per heavy atom. The fraction of sp³-hybridized carbons (Fsp3) is 0.643. The van der Waals surface area contributed by atoms with Crippen molar-refractivity contribution in [1.29, 1.82) is 0 Å². The van der Waals surface area contributed by atoms with Crippen LogP contribution >= 0.6 is 0 Å². The maximum absolute atomic E-state index is 13.3. The molecule has 0 saturated carbocycles. The van der Waals surface area contributed by atoms with Crippen molar-refractivity contribution in [3.63, 3.8) is 0 Å². The van der Waals surface area contributed by atoms with Crippen LogP contribution in [0.15, 0.2) is 12.6 Å². The van der Waals surface area contributed by atoms with E-state index in [0.29, 0.717) is 18.1 Å². The summed E-state index contributed by atoms with van der Waals surface area (Å²) in [6.07, 6.45) is -0.0840. The van der Waals surface area contributed by atoms with Gasteiger partial charge in [0.25, 0.3) is 0 Å². The molecule has 0 saturated heterocycles. The van der Waals surface area contributed by atoms with Crippen molar-refractivity contribution in [2.75, 3.05) is 18.6 Å². The largest absolute Gasteiger partial charge is 0.492 e. The molecule has 0 fully saturated rings. The lowest BCUT2D eigenvalue weighted by molar-refractivity contribution is 0.295. The average molecular weight is 320 g/mol. The second-order valence-corrected chi connectivity index (χ2v) is 6.54. The molecular weight excluding hydrogens is 295 g/mol. The van der Waals surface area contributed by atoms with Gasteiger partial charge in [0.1, 0.15) is 27.5 Å². The molecule has 1 aromatic heterocycles. The summed E-state index contributed by atoms with van der Waals surface area (Å²) in [5.74, 6) is 0.289. The molecule has 0 spiro atoms. The minimum absolute atomic E-state index is 0.0683. The van der Waals surface area contributed by atoms with Crippen LogP contribution in [-0.4, -0.2) is 36.8 Å². The van der Waals surface area contributed by atoms with Crippen molar-refractivity contribution in [2.45, 2.75) is 40.4 Å². The number of hydrogen-bond donors (Lipinski definition) is 0. The summed E-state index contributed by atoms with van der Waals surface area (Å²) in [6, 6.07) is 1.53. The molecule has 0 N–H and O–H groups in total. The van der Waals surface area contributed by atoms with E-state index in [1.54, 1.807) is 6.92 Å². The topological polar surface area (TPSA) is 61.2 Å². The molecule has 1 unspecified atom stereocenters. The monoisotopic (exact) mass is 320 g/mol. The van der Waals surface area contributed by atoms with Crippen molar-refractivity contribution in [3.8, 4) is 0 Å². The third-order valence-electron chi connectivity index (χ3n) is 2.48. The second-order valence-electron chi connectivity index (χ2n) is 4.28. The first-order chi connectivity index (χ1) is 9.74. The van der Waals surface area contributed by atoms with Gasteiger partial charge in [0.2, 0.25) is 0 Å². The number of halogens is 1. The summed E-state index contributed by atoms with van der Waals surface area (Å²) >= 11 is 0. The van der Waals surface area contributed by atoms with Gasteiger partial charge < -0.3 is 4.74 Å². The second kappa shape index (κ2) is 8.81. The van der Waals surface area contributed by atoms with Gasteiger partial charge in [-0.3, -0.25) is 4.68 Å². The van der Waals surface area contributed by atoms with Crippen molar-refractivity contribution >= 4 is 15.6 Å². The number of aromatic nitrogens is 2. The number of ether oxygens (including phenoxy) is 1. The Hall–Kier alpha value is -1.37. The Balaban J connectivity index is 0.00000191. The quantitative estimate of drug-likeness (QED) is 0.725. The van der Waals surface area contributed by atoms with Crippen LogP contribution in [0.25, 0.3) is 5.76 Å². The fourth-order valence-corrected chi connectivity index (χ4v) is 2.03. The molecule has 7 heteroatoms. The maximum atomic E-state index is 13.3. The van der Waals surface area contributed by atoms with Crippen molar-refractivity contribution in [3.05, 3.63) is 24.0 Å². The van der Waals surface area contributed by atoms with E-state index in [4.69, 9.17) is 4.74 Å². The van der Waals surface area contributed by atoms with E-state index < -0.39 is 16.0 Å². The van der Waals surface area contributed by atoms with Gasteiger partial charge in [-0.05, 0) is 19.9 Å². The molecule has 0 aromatic carbocycles. The normalized spacial score (nSPS) is 12.3. The molecule has 5 nitrogen and oxygen atoms in total. The third kappa shape index (κ3) is 6.75. The fourth-order valence-electron chi connectivity index (χ4n) is 1.53. The molecule has 0 bridgehead atoms. The van der Waals surface area contributed by atoms with Crippen molar-refractivity contribution < 1.29 is 17.5 Å². The molecule has 21 heavy (non-hydrogen) atoms. The Morgan fingerprint density at radius 1 is 1.52 bits per heavy atom. The van der Waals surface area contributed by atoms with Crippen molar-refractivity contribution in [1.82, 2.24) is 9.78 Å². The van der Waals surface area contributed by atoms with E-state index in [1.807, 2.05) is 13.8 Å². The van der Waals surface area contributed by atoms with Gasteiger partial charge in [0.05, 0.1) is 24.6 Å². The van der Waals surface area contributed by atoms with Gasteiger partial charge in [-0.2, -0.15) is 5.10 Å². The summed E-state index contributed by atoms with van der Waals surface area (Å²) in [6.45, 7) is 11.5. The zero-order valence-electron chi connectivity index (χ0n) is 13.4. The van der Waals surface area contributed by atoms with Crippen LogP contribution in [0.1, 0.15) is 45.3 Å². The van der Waals surface area contributed by atoms with E-state index in [-0.39, 0.29) is 18.0 Å². The zero-order valence-corrected chi connectivity index (χ0v) is 14.2. The molecule has 1 heterocycles. The molecule has 122 valence electrons. The zero-order chi connectivity index (χ0) is 16.6. The number of aryl methyl sites for hydroxylation is 1. The van der Waals surface area contributed by atoms with Gasteiger partial charge in [-0.1, -0.05) is 20.4 Å². The van der Waals surface area contributed by atoms with Crippen molar-refractivity contribution in [2.24, 2.45) is 0 Å². The van der Waals surface area contributed by atoms with Gasteiger partial charge in [0, 0.05) is 6.26 Å². The molecule has 1 rings (SSSR count). The van der Waals surface area contributed by atoms with Crippen LogP contribution in [0.3, 0.4) is 0 Å². The third-order valence-corrected chi connectivity index (χ3v) is 3.41. The Labute approximate surface area is 126 Å². The summed E-state index contributed by atoms with van der Waals surface area (Å²) in [4.78, 5) is 0. The number of nitrogens with zero attached hydrogens (tertiary/aromatic N) is 2. The highest BCUT2D eigenvalue weighted by atomic mass is 32.2. The molecule has 0 aliphatic heterocycles. The van der Waals surface area contributed by atoms with Gasteiger partial charge in [-0.25, -0.2) is 12.8 Å². The van der Waals surface area contributed by atoms with Crippen LogP contribution in [0.5, 0.6) is 0 Å². The number of hydrogen-bond acceptors (Lipinski definition) is 4. The Morgan fingerprint density at radius 3 is 2.52 bits per heavy atom. The van der Waals surface area contributed by atoms with Crippen LogP contribution in [0.4, 0.5) is 4.39 Å². The van der Waals surface area contributed by atoms with Crippen LogP contribution in [0.2, 0.25) is 0 Å². The van der Waals surface area contributed by atoms with Gasteiger partial charge in [0.15, 0.2) is 0 Å². The Bertz CT molecular complexity index is 551. The predicted molar refractivity (Wildman–Crippen MR) is 83.5 cm³/mol. The molecule has 0 radical (unpaired) electrons. The summed E-state index contributed by atoms with van der Waals surface area (Å²) < 4.78 is 42.3. The standard InChI is InChI=1S/C12H19FN2O3S.C2H6/c1-5-18-10(3)12-8-11(9(2)13)14-15(12)6-7-19(4,16)17;1-2/h8-9H,3,5-7H2,1-2,4H3;1-2H3. The summed E-state index contributed by atoms with van der Waals surface area (Å²) in [5.41, 5.74) is 0.745. The highest BCUT2D eigenvalue weighted by Gasteiger charge is 2.16. The highest BCUT2D eigenvalue weighted by molar-refractivity contribution is 7.90. The lowest BCUT2D eigenvalue weighted by Crippen LogP contribution is -2.14. The average Bonchev–Trinajstić information content (AvgIpc) is 2.82. The van der Waals surface area contributed by atoms with E-state index in [1.165, 1.54) is 17.7 Å². The maximum Gasteiger partial charge on any atom is 0.149 e. The molecular formula is C14H25FN2O3S. The summed E-state index contributed by atoms with van der Waals surface area (Å²) in [7, 11) is -3.11. The van der Waals surface area contributed by atoms with E-state index in [9.17, 15) is 12.8 Å². The van der Waals surface area contributed by atoms with Crippen LogP contribution < -0.4 is 0 Å². The van der Waals surface area contributed by atoms with Gasteiger partial charge >= 0.3 is 0 Å². The van der Waals surface area contributed by atoms with Crippen LogP contribution in [0, 0.1) is 0 Å². The summed E-state index contributed by atoms with van der Waals surface area (Å²) in [5, 5.41) is 4.05. The smallest absolute Gasteiger partial charge is 0.149 e. The molecule has 0 aliphatic rings. The van der Waals surface area contributed by atoms with Crippen LogP contribution in [-0.2, 0) is 21.1 Å². The first-order valence-electron chi connectivity index (χ1n) is 6.96. The van der Waals surface area contributed by atoms with E-state index in [0.717, 1.165) is 6.26 Å². The number of alkyl halides is 1. The minimum Gasteiger partial charge on any atom is -0.492 e. The lowest BCUT2D eigenvalue weighted by atomic mass is 10.2. The number of rotatable bonds is 7. The minimum atomic E-state index is -3.11. The lowest BCUT2D eigenvalue weighted by Gasteiger charge is -2.09. The molecule has 0 aliphatic carbocycles. The van der Waals surface area contributed by atoms with Gasteiger partial charge in [-0.15, -0.1) is 0 Å². The predicted octanol–water partition coefficient (Wildman–Crippen LogP) is 2.99. The molecule has 1 aromatic rings. The van der Waals surface area contributed by atoms with E-state index in [2.05, 4.69) is 11.7 Å². The molecule has 0 amide bonds. The highest BCUT2D eigenvalue weighted by Crippen LogP contribution is 2.21. The molecule has 1 atom stereocenters. The first-order valence-corrected chi connectivity index (χ1v) is 9.02.